The van der Waals surface area contributed by atoms with Crippen molar-refractivity contribution in [1.82, 2.24) is 0 Å². The van der Waals surface area contributed by atoms with Crippen LogP contribution >= 0.6 is 0 Å². The van der Waals surface area contributed by atoms with Gasteiger partial charge in [-0.15, -0.1) is 0 Å². The van der Waals surface area contributed by atoms with Gasteiger partial charge in [-0.2, -0.15) is 0 Å². The van der Waals surface area contributed by atoms with Gasteiger partial charge in [-0.1, -0.05) is 18.2 Å². The predicted molar refractivity (Wildman–Crippen MR) is 66.4 cm³/mol. The summed E-state index contributed by atoms with van der Waals surface area (Å²) in [5, 5.41) is 29.9. The van der Waals surface area contributed by atoms with Crippen LogP contribution in [0.5, 0.6) is 0 Å². The molecule has 0 spiro atoms. The van der Waals surface area contributed by atoms with E-state index in [1.807, 2.05) is 0 Å². The lowest BCUT2D eigenvalue weighted by molar-refractivity contribution is -0.153. The smallest absolute Gasteiger partial charge is 0.343 e. The minimum absolute atomic E-state index is 0.0238. The highest BCUT2D eigenvalue weighted by Crippen LogP contribution is 2.55. The molecular formula is C14H12O7. The van der Waals surface area contributed by atoms with E-state index < -0.39 is 47.8 Å². The number of hydrogen-bond acceptors (Lipinski definition) is 7. The van der Waals surface area contributed by atoms with Crippen LogP contribution in [0.1, 0.15) is 24.6 Å². The van der Waals surface area contributed by atoms with Crippen LogP contribution in [-0.4, -0.2) is 57.2 Å². The van der Waals surface area contributed by atoms with E-state index in [9.17, 15) is 29.7 Å². The lowest BCUT2D eigenvalue weighted by atomic mass is 9.99. The molecule has 1 aromatic rings. The van der Waals surface area contributed by atoms with E-state index in [-0.39, 0.29) is 11.1 Å². The number of rotatable bonds is 3. The lowest BCUT2D eigenvalue weighted by Gasteiger charge is -2.15. The predicted octanol–water partition coefficient (Wildman–Crippen LogP) is -1.46. The molecular weight excluding hydrogens is 280 g/mol. The van der Waals surface area contributed by atoms with Crippen molar-refractivity contribution in [3.8, 4) is 0 Å². The van der Waals surface area contributed by atoms with Crippen LogP contribution < -0.4 is 0 Å². The Balaban J connectivity index is 1.94. The standard InChI is InChI=1S/C14H12O7/c15-5-6-2-1-3-7(4-6)8-11(18)14(8,20)12-9(16)10(17)13(19)21-12/h1-5,8,10-12,17-18,20H/t8?,10?,11?,12-,14-/m0/s1/i5D,10D. The highest BCUT2D eigenvalue weighted by molar-refractivity contribution is 6.10. The van der Waals surface area contributed by atoms with Crippen molar-refractivity contribution in [2.45, 2.75) is 29.8 Å². The minimum atomic E-state index is -3.12. The van der Waals surface area contributed by atoms with Gasteiger partial charge in [-0.3, -0.25) is 9.59 Å². The molecule has 1 aliphatic heterocycles. The van der Waals surface area contributed by atoms with Gasteiger partial charge in [0, 0.05) is 11.5 Å². The normalized spacial score (nSPS) is 43.1. The number of ether oxygens (including phenoxy) is 1. The molecule has 2 aliphatic rings. The zero-order valence-electron chi connectivity index (χ0n) is 12.5. The maximum atomic E-state index is 11.9. The maximum absolute atomic E-state index is 11.9. The first-order valence-corrected chi connectivity index (χ1v) is 6.11. The summed E-state index contributed by atoms with van der Waals surface area (Å²) in [4.78, 5) is 34.3. The van der Waals surface area contributed by atoms with E-state index in [1.165, 1.54) is 24.3 Å². The molecule has 3 N–H and O–H groups in total. The third-order valence-corrected chi connectivity index (χ3v) is 3.85. The van der Waals surface area contributed by atoms with E-state index in [0.717, 1.165) is 0 Å². The Kier molecular flexibility index (Phi) is 2.45. The number of Topliss-reactive ketones (excluding diaryl/α,β-unsaturated/α-hetero) is 1. The summed E-state index contributed by atoms with van der Waals surface area (Å²) in [6, 6.07) is 5.55. The molecule has 0 radical (unpaired) electrons. The van der Waals surface area contributed by atoms with Crippen molar-refractivity contribution >= 4 is 18.0 Å². The van der Waals surface area contributed by atoms with Gasteiger partial charge < -0.3 is 20.1 Å². The van der Waals surface area contributed by atoms with Crippen LogP contribution in [0.3, 0.4) is 0 Å². The fourth-order valence-electron chi connectivity index (χ4n) is 2.68. The second kappa shape index (κ2) is 4.45. The number of aliphatic hydroxyl groups is 3. The summed E-state index contributed by atoms with van der Waals surface area (Å²) in [5.74, 6) is -3.94. The number of cyclic esters (lactones) is 1. The van der Waals surface area contributed by atoms with Gasteiger partial charge in [0.1, 0.15) is 13.2 Å². The number of aliphatic hydroxyl groups excluding tert-OH is 1. The van der Waals surface area contributed by atoms with Crippen LogP contribution in [0, 0.1) is 0 Å². The topological polar surface area (TPSA) is 121 Å². The average molecular weight is 294 g/mol. The van der Waals surface area contributed by atoms with Gasteiger partial charge in [-0.25, -0.2) is 4.79 Å². The Morgan fingerprint density at radius 3 is 2.67 bits per heavy atom. The van der Waals surface area contributed by atoms with Crippen LogP contribution in [0.15, 0.2) is 24.3 Å². The Hall–Kier alpha value is -2.09. The number of esters is 1. The van der Waals surface area contributed by atoms with Crippen molar-refractivity contribution in [3.05, 3.63) is 35.4 Å². The fraction of sp³-hybridized carbons (Fsp3) is 0.357. The molecule has 1 saturated heterocycles. The van der Waals surface area contributed by atoms with E-state index in [2.05, 4.69) is 4.74 Å². The molecule has 3 rings (SSSR count). The van der Waals surface area contributed by atoms with Crippen molar-refractivity contribution in [2.24, 2.45) is 0 Å². The Labute approximate surface area is 121 Å². The third-order valence-electron chi connectivity index (χ3n) is 3.85. The van der Waals surface area contributed by atoms with Gasteiger partial charge in [0.2, 0.25) is 11.9 Å². The quantitative estimate of drug-likeness (QED) is 0.354. The summed E-state index contributed by atoms with van der Waals surface area (Å²) in [6.07, 6.45) is -7.46. The molecule has 3 unspecified atom stereocenters. The molecule has 1 aromatic carbocycles. The largest absolute Gasteiger partial charge is 0.449 e. The van der Waals surface area contributed by atoms with Gasteiger partial charge in [-0.05, 0) is 11.6 Å². The Bertz CT molecular complexity index is 732. The Morgan fingerprint density at radius 1 is 1.38 bits per heavy atom. The Morgan fingerprint density at radius 2 is 2.10 bits per heavy atom. The molecule has 0 bridgehead atoms. The average Bonchev–Trinajstić information content (AvgIpc) is 2.98. The first-order valence-electron chi connectivity index (χ1n) is 7.11. The molecule has 2 fully saturated rings. The summed E-state index contributed by atoms with van der Waals surface area (Å²) >= 11 is 0. The first kappa shape index (κ1) is 11.6. The molecule has 7 nitrogen and oxygen atoms in total. The molecule has 1 heterocycles. The summed E-state index contributed by atoms with van der Waals surface area (Å²) in [5.41, 5.74) is -1.90. The van der Waals surface area contributed by atoms with Gasteiger partial charge in [0.05, 0.1) is 7.47 Å². The van der Waals surface area contributed by atoms with Crippen molar-refractivity contribution in [2.75, 3.05) is 0 Å². The number of aldehydes is 1. The molecule has 110 valence electrons. The van der Waals surface area contributed by atoms with E-state index in [4.69, 9.17) is 2.74 Å². The maximum Gasteiger partial charge on any atom is 0.343 e. The molecule has 21 heavy (non-hydrogen) atoms. The van der Waals surface area contributed by atoms with Crippen LogP contribution in [0.2, 0.25) is 0 Å². The molecule has 5 atom stereocenters. The molecule has 1 saturated carbocycles. The zero-order valence-corrected chi connectivity index (χ0v) is 10.5. The van der Waals surface area contributed by atoms with Crippen molar-refractivity contribution < 1.29 is 37.2 Å². The monoisotopic (exact) mass is 294 g/mol. The SMILES string of the molecule is [2H]C(=O)c1cccc(C2C(O)[C@]2(O)[C@H]2OC(=O)C([2H])(O)C2=O)c1. The zero-order chi connectivity index (χ0) is 17.2. The van der Waals surface area contributed by atoms with Crippen LogP contribution in [-0.2, 0) is 14.3 Å². The van der Waals surface area contributed by atoms with Gasteiger partial charge >= 0.3 is 5.97 Å². The molecule has 0 aromatic heterocycles. The number of hydrogen-bond donors (Lipinski definition) is 3. The summed E-state index contributed by atoms with van der Waals surface area (Å²) < 4.78 is 18.9. The highest BCUT2D eigenvalue weighted by Gasteiger charge is 2.74. The summed E-state index contributed by atoms with van der Waals surface area (Å²) in [7, 11) is 0. The van der Waals surface area contributed by atoms with Crippen molar-refractivity contribution in [3.63, 3.8) is 0 Å². The van der Waals surface area contributed by atoms with Crippen LogP contribution in [0.4, 0.5) is 0 Å². The van der Waals surface area contributed by atoms with E-state index in [0.29, 0.717) is 0 Å². The fourth-order valence-corrected chi connectivity index (χ4v) is 2.68. The molecule has 0 amide bonds. The minimum Gasteiger partial charge on any atom is -0.449 e. The second-order valence-electron chi connectivity index (χ2n) is 5.04. The van der Waals surface area contributed by atoms with Gasteiger partial charge in [0.25, 0.3) is 0 Å². The van der Waals surface area contributed by atoms with Crippen molar-refractivity contribution in [1.29, 1.82) is 0 Å². The molecule has 7 heteroatoms. The summed E-state index contributed by atoms with van der Waals surface area (Å²) in [6.45, 7) is 0. The highest BCUT2D eigenvalue weighted by atomic mass is 16.6. The number of carbonyl (C=O) groups excluding carboxylic acids is 3. The van der Waals surface area contributed by atoms with Crippen LogP contribution in [0.25, 0.3) is 0 Å². The number of benzene rings is 1. The second-order valence-corrected chi connectivity index (χ2v) is 5.04. The van der Waals surface area contributed by atoms with Gasteiger partial charge in [0.15, 0.2) is 6.10 Å². The number of carbonyl (C=O) groups is 3. The first-order chi connectivity index (χ1) is 10.6. The third kappa shape index (κ3) is 1.82. The van der Waals surface area contributed by atoms with E-state index in [1.54, 1.807) is 0 Å². The lowest BCUT2D eigenvalue weighted by Crippen LogP contribution is -2.39. The van der Waals surface area contributed by atoms with E-state index >= 15 is 0 Å². The molecule has 1 aliphatic carbocycles. The number of ketones is 1.